The molecule has 0 saturated carbocycles. The highest BCUT2D eigenvalue weighted by atomic mass is 32.2. The minimum absolute atomic E-state index is 0. The van der Waals surface area contributed by atoms with E-state index in [-0.39, 0.29) is 7.43 Å². The van der Waals surface area contributed by atoms with Crippen molar-refractivity contribution in [1.82, 2.24) is 0 Å². The van der Waals surface area contributed by atoms with Gasteiger partial charge >= 0.3 is 5.97 Å². The molecule has 1 aliphatic rings. The number of rotatable bonds is 1. The average Bonchev–Trinajstić information content (AvgIpc) is 2.21. The Morgan fingerprint density at radius 1 is 1.88 bits per heavy atom. The molecule has 0 amide bonds. The van der Waals surface area contributed by atoms with E-state index >= 15 is 0 Å². The molecule has 3 N–H and O–H groups in total. The van der Waals surface area contributed by atoms with E-state index in [0.29, 0.717) is 5.75 Å². The number of carboxylic acid groups (broad SMARTS) is 1. The van der Waals surface area contributed by atoms with Crippen LogP contribution >= 0.6 is 11.8 Å². The van der Waals surface area contributed by atoms with Crippen LogP contribution in [0.2, 0.25) is 0 Å². The Morgan fingerprint density at radius 3 is 2.25 bits per heavy atom. The van der Waals surface area contributed by atoms with E-state index in [1.807, 2.05) is 0 Å². The summed E-state index contributed by atoms with van der Waals surface area (Å²) in [4.78, 5) is 9.02. The summed E-state index contributed by atoms with van der Waals surface area (Å²) in [6.45, 7) is 0. The number of nitrogens with two attached hydrogens (primary N) is 1. The molecule has 0 unspecified atom stereocenters. The zero-order valence-corrected chi connectivity index (χ0v) is 4.36. The number of hydrogen-bond donors (Lipinski definition) is 2. The molecular weight excluding hydrogens is 126 g/mol. The van der Waals surface area contributed by atoms with E-state index in [1.165, 1.54) is 11.8 Å². The zero-order valence-electron chi connectivity index (χ0n) is 3.55. The highest BCUT2D eigenvalue weighted by Gasteiger charge is 2.47. The van der Waals surface area contributed by atoms with Gasteiger partial charge in [0.15, 0.2) is 4.87 Å². The van der Waals surface area contributed by atoms with Crippen LogP contribution in [0.15, 0.2) is 0 Å². The SMILES string of the molecule is C.N[C@@]1(C(=O)O)CS1. The maximum absolute atomic E-state index is 9.94. The maximum Gasteiger partial charge on any atom is 0.335 e. The molecule has 1 aliphatic heterocycles. The molecule has 0 aromatic heterocycles. The predicted octanol–water partition coefficient (Wildman–Crippen LogP) is 0.109. The van der Waals surface area contributed by atoms with Crippen molar-refractivity contribution in [2.75, 3.05) is 5.75 Å². The lowest BCUT2D eigenvalue weighted by atomic mass is 10.4. The van der Waals surface area contributed by atoms with E-state index < -0.39 is 10.8 Å². The summed E-state index contributed by atoms with van der Waals surface area (Å²) in [7, 11) is 0. The van der Waals surface area contributed by atoms with Crippen LogP contribution in [0.4, 0.5) is 0 Å². The molecule has 0 aliphatic carbocycles. The predicted molar refractivity (Wildman–Crippen MR) is 33.7 cm³/mol. The average molecular weight is 135 g/mol. The van der Waals surface area contributed by atoms with Crippen molar-refractivity contribution in [2.45, 2.75) is 12.3 Å². The quantitative estimate of drug-likeness (QED) is 0.501. The molecule has 8 heavy (non-hydrogen) atoms. The van der Waals surface area contributed by atoms with Crippen molar-refractivity contribution in [2.24, 2.45) is 5.73 Å². The number of carboxylic acids is 1. The zero-order chi connectivity index (χ0) is 5.49. The number of hydrogen-bond acceptors (Lipinski definition) is 3. The third-order valence-corrected chi connectivity index (χ3v) is 1.90. The van der Waals surface area contributed by atoms with Gasteiger partial charge in [-0.15, -0.1) is 11.8 Å². The van der Waals surface area contributed by atoms with Crippen molar-refractivity contribution in [3.05, 3.63) is 0 Å². The van der Waals surface area contributed by atoms with Crippen LogP contribution in [0.5, 0.6) is 0 Å². The van der Waals surface area contributed by atoms with Gasteiger partial charge in [-0.1, -0.05) is 7.43 Å². The lowest BCUT2D eigenvalue weighted by molar-refractivity contribution is -0.138. The second kappa shape index (κ2) is 1.95. The summed E-state index contributed by atoms with van der Waals surface area (Å²) in [6.07, 6.45) is 0. The summed E-state index contributed by atoms with van der Waals surface area (Å²) in [6, 6.07) is 0. The molecule has 0 bridgehead atoms. The summed E-state index contributed by atoms with van der Waals surface area (Å²) in [5.41, 5.74) is 5.15. The Morgan fingerprint density at radius 2 is 2.25 bits per heavy atom. The topological polar surface area (TPSA) is 63.3 Å². The van der Waals surface area contributed by atoms with Gasteiger partial charge in [0, 0.05) is 5.75 Å². The highest BCUT2D eigenvalue weighted by Crippen LogP contribution is 2.38. The second-order valence-electron chi connectivity index (χ2n) is 1.48. The summed E-state index contributed by atoms with van der Waals surface area (Å²) >= 11 is 1.26. The minimum Gasteiger partial charge on any atom is -0.479 e. The fourth-order valence-corrected chi connectivity index (χ4v) is 0.604. The van der Waals surface area contributed by atoms with Gasteiger partial charge in [0.1, 0.15) is 0 Å². The summed E-state index contributed by atoms with van der Waals surface area (Å²) in [5, 5.41) is 8.17. The fourth-order valence-electron chi connectivity index (χ4n) is 0.201. The Labute approximate surface area is 52.3 Å². The summed E-state index contributed by atoms with van der Waals surface area (Å²) in [5.74, 6) is -0.347. The summed E-state index contributed by atoms with van der Waals surface area (Å²) < 4.78 is 0. The highest BCUT2D eigenvalue weighted by molar-refractivity contribution is 8.08. The molecule has 48 valence electrons. The molecule has 1 heterocycles. The minimum atomic E-state index is -0.917. The molecule has 0 aromatic carbocycles. The Balaban J connectivity index is 0.000000490. The van der Waals surface area contributed by atoms with E-state index in [0.717, 1.165) is 0 Å². The van der Waals surface area contributed by atoms with Crippen LogP contribution in [0.1, 0.15) is 7.43 Å². The van der Waals surface area contributed by atoms with Gasteiger partial charge < -0.3 is 10.8 Å². The third kappa shape index (κ3) is 1.14. The van der Waals surface area contributed by atoms with Gasteiger partial charge in [0.2, 0.25) is 0 Å². The third-order valence-electron chi connectivity index (χ3n) is 0.817. The van der Waals surface area contributed by atoms with Crippen molar-refractivity contribution in [1.29, 1.82) is 0 Å². The standard InChI is InChI=1S/C3H5NO2S.CH4/c4-3(1-7-3)2(5)6;/h1,4H2,(H,5,6);1H4/t3-;/m0./s1. The van der Waals surface area contributed by atoms with Gasteiger partial charge in [-0.3, -0.25) is 0 Å². The van der Waals surface area contributed by atoms with Gasteiger partial charge in [0.25, 0.3) is 0 Å². The monoisotopic (exact) mass is 135 g/mol. The Kier molecular flexibility index (Phi) is 1.90. The molecule has 0 aromatic rings. The van der Waals surface area contributed by atoms with E-state index in [9.17, 15) is 4.79 Å². The maximum atomic E-state index is 9.94. The van der Waals surface area contributed by atoms with E-state index in [1.54, 1.807) is 0 Å². The van der Waals surface area contributed by atoms with Crippen molar-refractivity contribution < 1.29 is 9.90 Å². The Bertz CT molecular complexity index is 111. The van der Waals surface area contributed by atoms with Gasteiger partial charge in [-0.25, -0.2) is 4.79 Å². The first-order chi connectivity index (χ1) is 3.15. The normalized spacial score (nSPS) is 33.1. The number of thioether (sulfide) groups is 1. The molecule has 1 fully saturated rings. The molecule has 3 nitrogen and oxygen atoms in total. The first-order valence-electron chi connectivity index (χ1n) is 1.81. The first kappa shape index (κ1) is 7.78. The second-order valence-corrected chi connectivity index (χ2v) is 2.79. The van der Waals surface area contributed by atoms with Crippen LogP contribution in [0.25, 0.3) is 0 Å². The van der Waals surface area contributed by atoms with Gasteiger partial charge in [-0.05, 0) is 0 Å². The van der Waals surface area contributed by atoms with Crippen molar-refractivity contribution in [3.63, 3.8) is 0 Å². The molecule has 1 atom stereocenters. The molecule has 1 saturated heterocycles. The van der Waals surface area contributed by atoms with Crippen LogP contribution in [-0.2, 0) is 4.79 Å². The molecule has 0 radical (unpaired) electrons. The van der Waals surface area contributed by atoms with Crippen LogP contribution in [0.3, 0.4) is 0 Å². The lowest BCUT2D eigenvalue weighted by Gasteiger charge is -1.93. The van der Waals surface area contributed by atoms with Crippen LogP contribution in [-0.4, -0.2) is 21.7 Å². The smallest absolute Gasteiger partial charge is 0.335 e. The van der Waals surface area contributed by atoms with Crippen LogP contribution < -0.4 is 5.73 Å². The van der Waals surface area contributed by atoms with Gasteiger partial charge in [0.05, 0.1) is 0 Å². The van der Waals surface area contributed by atoms with E-state index in [2.05, 4.69) is 0 Å². The molecule has 4 heteroatoms. The van der Waals surface area contributed by atoms with Crippen molar-refractivity contribution >= 4 is 17.7 Å². The van der Waals surface area contributed by atoms with E-state index in [4.69, 9.17) is 10.8 Å². The fraction of sp³-hybridized carbons (Fsp3) is 0.750. The number of carbonyl (C=O) groups is 1. The molecule has 0 spiro atoms. The van der Waals surface area contributed by atoms with Gasteiger partial charge in [-0.2, -0.15) is 0 Å². The largest absolute Gasteiger partial charge is 0.479 e. The van der Waals surface area contributed by atoms with Crippen LogP contribution in [0, 0.1) is 0 Å². The van der Waals surface area contributed by atoms with Crippen molar-refractivity contribution in [3.8, 4) is 0 Å². The number of aliphatic carboxylic acids is 1. The lowest BCUT2D eigenvalue weighted by Crippen LogP contribution is -2.32. The molecular formula is C4H9NO2S. The first-order valence-corrected chi connectivity index (χ1v) is 2.80. The molecule has 1 rings (SSSR count). The Hall–Kier alpha value is -0.220.